The molecule has 1 aromatic carbocycles. The molecule has 2 aromatic rings. The Hall–Kier alpha value is -1.88. The lowest BCUT2D eigenvalue weighted by molar-refractivity contribution is 0.348. The SMILES string of the molecule is CC1NN(c2ccccc2Cl)C=C1CN(C)Cc1cccnc1. The maximum atomic E-state index is 6.28. The summed E-state index contributed by atoms with van der Waals surface area (Å²) in [7, 11) is 2.12. The topological polar surface area (TPSA) is 31.4 Å². The molecule has 0 aliphatic carbocycles. The van der Waals surface area contributed by atoms with Gasteiger partial charge in [-0.15, -0.1) is 0 Å². The van der Waals surface area contributed by atoms with E-state index < -0.39 is 0 Å². The van der Waals surface area contributed by atoms with Crippen molar-refractivity contribution in [1.29, 1.82) is 0 Å². The lowest BCUT2D eigenvalue weighted by Gasteiger charge is -2.20. The number of hydrogen-bond donors (Lipinski definition) is 1. The summed E-state index contributed by atoms with van der Waals surface area (Å²) < 4.78 is 0. The Labute approximate surface area is 142 Å². The molecule has 5 heteroatoms. The number of likely N-dealkylation sites (N-methyl/N-ethyl adjacent to an activating group) is 1. The first-order valence-corrected chi connectivity index (χ1v) is 8.09. The maximum absolute atomic E-state index is 6.28. The molecule has 0 spiro atoms. The predicted octanol–water partition coefficient (Wildman–Crippen LogP) is 3.46. The number of halogens is 1. The summed E-state index contributed by atoms with van der Waals surface area (Å²) in [6.45, 7) is 3.94. The molecular formula is C18H21ClN4. The van der Waals surface area contributed by atoms with Gasteiger partial charge in [0.1, 0.15) is 0 Å². The second-order valence-electron chi connectivity index (χ2n) is 5.91. The Kier molecular flexibility index (Phi) is 4.96. The Bertz CT molecular complexity index is 686. The summed E-state index contributed by atoms with van der Waals surface area (Å²) in [5.41, 5.74) is 6.97. The van der Waals surface area contributed by atoms with Crippen LogP contribution in [0.2, 0.25) is 5.02 Å². The van der Waals surface area contributed by atoms with E-state index in [-0.39, 0.29) is 6.04 Å². The standard InChI is InChI=1S/C18H21ClN4/c1-14-16(12-22(2)11-15-6-5-9-20-10-15)13-23(21-14)18-8-4-3-7-17(18)19/h3-10,13-14,21H,11-12H2,1-2H3. The molecule has 23 heavy (non-hydrogen) atoms. The average molecular weight is 329 g/mol. The highest BCUT2D eigenvalue weighted by atomic mass is 35.5. The normalized spacial score (nSPS) is 17.7. The van der Waals surface area contributed by atoms with Crippen LogP contribution in [0.4, 0.5) is 5.69 Å². The number of hydrogen-bond acceptors (Lipinski definition) is 4. The number of anilines is 1. The Morgan fingerprint density at radius 2 is 2.04 bits per heavy atom. The number of para-hydroxylation sites is 1. The fourth-order valence-electron chi connectivity index (χ4n) is 2.74. The summed E-state index contributed by atoms with van der Waals surface area (Å²) >= 11 is 6.28. The number of pyridine rings is 1. The molecule has 2 heterocycles. The number of nitrogens with one attached hydrogen (secondary N) is 1. The number of nitrogens with zero attached hydrogens (tertiary/aromatic N) is 3. The molecule has 1 aliphatic heterocycles. The maximum Gasteiger partial charge on any atom is 0.0757 e. The third kappa shape index (κ3) is 3.91. The summed E-state index contributed by atoms with van der Waals surface area (Å²) in [4.78, 5) is 6.46. The molecule has 3 rings (SSSR count). The van der Waals surface area contributed by atoms with Crippen LogP contribution >= 0.6 is 11.6 Å². The van der Waals surface area contributed by atoms with Gasteiger partial charge in [-0.25, -0.2) is 5.43 Å². The van der Waals surface area contributed by atoms with Crippen molar-refractivity contribution in [2.24, 2.45) is 0 Å². The van der Waals surface area contributed by atoms with Gasteiger partial charge in [0.15, 0.2) is 0 Å². The second kappa shape index (κ2) is 7.13. The molecular weight excluding hydrogens is 308 g/mol. The third-order valence-electron chi connectivity index (χ3n) is 3.92. The quantitative estimate of drug-likeness (QED) is 0.910. The largest absolute Gasteiger partial charge is 0.298 e. The van der Waals surface area contributed by atoms with E-state index in [9.17, 15) is 0 Å². The first-order valence-electron chi connectivity index (χ1n) is 7.71. The van der Waals surface area contributed by atoms with Crippen LogP contribution in [0.25, 0.3) is 0 Å². The van der Waals surface area contributed by atoms with Gasteiger partial charge in [-0.05, 0) is 43.3 Å². The van der Waals surface area contributed by atoms with Crippen molar-refractivity contribution in [1.82, 2.24) is 15.3 Å². The van der Waals surface area contributed by atoms with E-state index in [0.29, 0.717) is 0 Å². The summed E-state index contributed by atoms with van der Waals surface area (Å²) in [5, 5.41) is 2.76. The van der Waals surface area contributed by atoms with Gasteiger partial charge in [-0.2, -0.15) is 0 Å². The van der Waals surface area contributed by atoms with E-state index in [0.717, 1.165) is 23.8 Å². The van der Waals surface area contributed by atoms with E-state index in [4.69, 9.17) is 11.6 Å². The van der Waals surface area contributed by atoms with Crippen LogP contribution in [0.15, 0.2) is 60.6 Å². The van der Waals surface area contributed by atoms with E-state index in [1.165, 1.54) is 11.1 Å². The van der Waals surface area contributed by atoms with Crippen LogP contribution in [0.1, 0.15) is 12.5 Å². The highest BCUT2D eigenvalue weighted by Gasteiger charge is 2.22. The van der Waals surface area contributed by atoms with Crippen molar-refractivity contribution in [3.63, 3.8) is 0 Å². The van der Waals surface area contributed by atoms with Gasteiger partial charge >= 0.3 is 0 Å². The average Bonchev–Trinajstić information content (AvgIpc) is 2.89. The molecule has 4 nitrogen and oxygen atoms in total. The van der Waals surface area contributed by atoms with Crippen molar-refractivity contribution >= 4 is 17.3 Å². The number of aromatic nitrogens is 1. The molecule has 0 fully saturated rings. The number of rotatable bonds is 5. The zero-order valence-electron chi connectivity index (χ0n) is 13.4. The summed E-state index contributed by atoms with van der Waals surface area (Å²) in [6.07, 6.45) is 5.86. The first kappa shape index (κ1) is 16.0. The summed E-state index contributed by atoms with van der Waals surface area (Å²) in [5.74, 6) is 0. The lowest BCUT2D eigenvalue weighted by Crippen LogP contribution is -2.35. The number of benzene rings is 1. The Balaban J connectivity index is 1.67. The molecule has 0 saturated carbocycles. The minimum Gasteiger partial charge on any atom is -0.298 e. The molecule has 1 aliphatic rings. The fourth-order valence-corrected chi connectivity index (χ4v) is 2.97. The van der Waals surface area contributed by atoms with Crippen LogP contribution in [0, 0.1) is 0 Å². The summed E-state index contributed by atoms with van der Waals surface area (Å²) in [6, 6.07) is 12.2. The highest BCUT2D eigenvalue weighted by molar-refractivity contribution is 6.33. The van der Waals surface area contributed by atoms with Crippen LogP contribution < -0.4 is 10.4 Å². The molecule has 0 bridgehead atoms. The van der Waals surface area contributed by atoms with Gasteiger partial charge in [0.25, 0.3) is 0 Å². The minimum atomic E-state index is 0.280. The van der Waals surface area contributed by atoms with Crippen LogP contribution in [0.3, 0.4) is 0 Å². The molecule has 1 unspecified atom stereocenters. The van der Waals surface area contributed by atoms with E-state index in [1.807, 2.05) is 41.5 Å². The van der Waals surface area contributed by atoms with Crippen molar-refractivity contribution in [2.45, 2.75) is 19.5 Å². The molecule has 0 amide bonds. The smallest absolute Gasteiger partial charge is 0.0757 e. The van der Waals surface area contributed by atoms with Crippen molar-refractivity contribution in [2.75, 3.05) is 18.6 Å². The van der Waals surface area contributed by atoms with E-state index in [2.05, 4.69) is 41.5 Å². The monoisotopic (exact) mass is 328 g/mol. The van der Waals surface area contributed by atoms with Gasteiger partial charge in [0.2, 0.25) is 0 Å². The third-order valence-corrected chi connectivity index (χ3v) is 4.24. The molecule has 1 aromatic heterocycles. The first-order chi connectivity index (χ1) is 11.1. The van der Waals surface area contributed by atoms with Gasteiger partial charge in [-0.1, -0.05) is 29.8 Å². The van der Waals surface area contributed by atoms with Crippen molar-refractivity contribution in [3.8, 4) is 0 Å². The van der Waals surface area contributed by atoms with E-state index in [1.54, 1.807) is 6.20 Å². The molecule has 1 N–H and O–H groups in total. The van der Waals surface area contributed by atoms with Gasteiger partial charge in [0.05, 0.1) is 10.7 Å². The molecule has 1 atom stereocenters. The minimum absolute atomic E-state index is 0.280. The van der Waals surface area contributed by atoms with Gasteiger partial charge < -0.3 is 0 Å². The lowest BCUT2D eigenvalue weighted by atomic mass is 10.1. The van der Waals surface area contributed by atoms with Crippen LogP contribution in [-0.2, 0) is 6.54 Å². The number of hydrazine groups is 1. The predicted molar refractivity (Wildman–Crippen MR) is 95.2 cm³/mol. The highest BCUT2D eigenvalue weighted by Crippen LogP contribution is 2.28. The van der Waals surface area contributed by atoms with E-state index >= 15 is 0 Å². The Morgan fingerprint density at radius 1 is 1.22 bits per heavy atom. The fraction of sp³-hybridized carbons (Fsp3) is 0.278. The molecule has 0 saturated heterocycles. The second-order valence-corrected chi connectivity index (χ2v) is 6.32. The van der Waals surface area contributed by atoms with Gasteiger partial charge in [0, 0.05) is 37.7 Å². The van der Waals surface area contributed by atoms with Crippen LogP contribution in [-0.4, -0.2) is 29.5 Å². The molecule has 0 radical (unpaired) electrons. The van der Waals surface area contributed by atoms with Crippen molar-refractivity contribution in [3.05, 3.63) is 71.2 Å². The Morgan fingerprint density at radius 3 is 2.78 bits per heavy atom. The van der Waals surface area contributed by atoms with Gasteiger partial charge in [-0.3, -0.25) is 14.9 Å². The zero-order chi connectivity index (χ0) is 16.2. The van der Waals surface area contributed by atoms with Crippen LogP contribution in [0.5, 0.6) is 0 Å². The zero-order valence-corrected chi connectivity index (χ0v) is 14.2. The molecule has 120 valence electrons. The van der Waals surface area contributed by atoms with Crippen molar-refractivity contribution < 1.29 is 0 Å².